The number of aliphatic hydroxyl groups excluding tert-OH is 2. The monoisotopic (exact) mass is 394 g/mol. The molecular weight excluding hydrogens is 364 g/mol. The zero-order valence-corrected chi connectivity index (χ0v) is 17.1. The van der Waals surface area contributed by atoms with Gasteiger partial charge in [0.25, 0.3) is 0 Å². The van der Waals surface area contributed by atoms with Gasteiger partial charge in [-0.25, -0.2) is 4.98 Å². The summed E-state index contributed by atoms with van der Waals surface area (Å²) in [5.41, 5.74) is 8.45. The molecule has 26 heavy (non-hydrogen) atoms. The average Bonchev–Trinajstić information content (AvgIpc) is 3.14. The van der Waals surface area contributed by atoms with E-state index in [2.05, 4.69) is 36.6 Å². The minimum absolute atomic E-state index is 0.189. The van der Waals surface area contributed by atoms with Crippen molar-refractivity contribution in [2.75, 3.05) is 19.0 Å². The van der Waals surface area contributed by atoms with Gasteiger partial charge >= 0.3 is 0 Å². The van der Waals surface area contributed by atoms with Crippen molar-refractivity contribution < 1.29 is 10.2 Å². The average molecular weight is 395 g/mol. The number of aryl methyl sites for hydroxylation is 1. The van der Waals surface area contributed by atoms with Crippen molar-refractivity contribution in [2.24, 2.45) is 5.73 Å². The molecule has 0 fully saturated rings. The van der Waals surface area contributed by atoms with Gasteiger partial charge in [-0.05, 0) is 31.2 Å². The Balaban J connectivity index is 1.84. The Kier molecular flexibility index (Phi) is 9.08. The van der Waals surface area contributed by atoms with E-state index in [1.54, 1.807) is 11.3 Å². The van der Waals surface area contributed by atoms with Crippen LogP contribution in [0.4, 0.5) is 0 Å². The SMILES string of the molecule is CCCCCSc1nc(-c2ccc(CCCC(N)(CO)CO)cc2)cs1. The predicted molar refractivity (Wildman–Crippen MR) is 112 cm³/mol. The summed E-state index contributed by atoms with van der Waals surface area (Å²) in [5, 5.41) is 20.6. The summed E-state index contributed by atoms with van der Waals surface area (Å²) >= 11 is 3.57. The Hall–Kier alpha value is -0.920. The second kappa shape index (κ2) is 11.0. The number of aromatic nitrogens is 1. The number of unbranched alkanes of at least 4 members (excludes halogenated alkanes) is 2. The van der Waals surface area contributed by atoms with E-state index in [9.17, 15) is 10.2 Å². The lowest BCUT2D eigenvalue weighted by molar-refractivity contribution is 0.113. The molecule has 4 N–H and O–H groups in total. The summed E-state index contributed by atoms with van der Waals surface area (Å²) in [6, 6.07) is 8.48. The largest absolute Gasteiger partial charge is 0.394 e. The van der Waals surface area contributed by atoms with E-state index < -0.39 is 5.54 Å². The number of nitrogens with zero attached hydrogens (tertiary/aromatic N) is 1. The van der Waals surface area contributed by atoms with Gasteiger partial charge in [0.05, 0.1) is 24.4 Å². The number of hydrogen-bond acceptors (Lipinski definition) is 6. The molecule has 1 heterocycles. The molecule has 2 aromatic rings. The van der Waals surface area contributed by atoms with Crippen LogP contribution in [0.1, 0.15) is 44.6 Å². The number of thiazole rings is 1. The molecule has 6 heteroatoms. The summed E-state index contributed by atoms with van der Waals surface area (Å²) in [5.74, 6) is 1.14. The molecule has 0 aliphatic heterocycles. The zero-order chi connectivity index (χ0) is 18.8. The van der Waals surface area contributed by atoms with E-state index in [-0.39, 0.29) is 13.2 Å². The Morgan fingerprint density at radius 3 is 2.50 bits per heavy atom. The molecule has 4 nitrogen and oxygen atoms in total. The molecule has 0 aliphatic carbocycles. The lowest BCUT2D eigenvalue weighted by Crippen LogP contribution is -2.47. The van der Waals surface area contributed by atoms with Crippen LogP contribution in [0.5, 0.6) is 0 Å². The van der Waals surface area contributed by atoms with E-state index in [1.807, 2.05) is 11.8 Å². The van der Waals surface area contributed by atoms with Crippen molar-refractivity contribution in [1.29, 1.82) is 0 Å². The number of aliphatic hydroxyl groups is 2. The summed E-state index contributed by atoms with van der Waals surface area (Å²) in [7, 11) is 0. The highest BCUT2D eigenvalue weighted by molar-refractivity contribution is 8.01. The van der Waals surface area contributed by atoms with Crippen LogP contribution < -0.4 is 5.73 Å². The first-order valence-electron chi connectivity index (χ1n) is 9.28. The smallest absolute Gasteiger partial charge is 0.150 e. The first kappa shape index (κ1) is 21.4. The molecule has 0 atom stereocenters. The van der Waals surface area contributed by atoms with E-state index in [4.69, 9.17) is 10.7 Å². The van der Waals surface area contributed by atoms with Crippen LogP contribution in [0.2, 0.25) is 0 Å². The Morgan fingerprint density at radius 1 is 1.12 bits per heavy atom. The molecule has 0 spiro atoms. The lowest BCUT2D eigenvalue weighted by Gasteiger charge is -2.24. The third kappa shape index (κ3) is 6.67. The molecule has 1 aromatic carbocycles. The molecule has 0 saturated carbocycles. The van der Waals surface area contributed by atoms with Crippen molar-refractivity contribution >= 4 is 23.1 Å². The number of hydrogen-bond donors (Lipinski definition) is 3. The van der Waals surface area contributed by atoms with Gasteiger partial charge in [0.2, 0.25) is 0 Å². The highest BCUT2D eigenvalue weighted by atomic mass is 32.2. The molecule has 0 aliphatic rings. The van der Waals surface area contributed by atoms with Crippen LogP contribution >= 0.6 is 23.1 Å². The van der Waals surface area contributed by atoms with E-state index >= 15 is 0 Å². The number of nitrogens with two attached hydrogens (primary N) is 1. The molecule has 0 bridgehead atoms. The maximum atomic E-state index is 9.23. The molecule has 2 rings (SSSR count). The molecule has 1 aromatic heterocycles. The number of benzene rings is 1. The molecule has 0 saturated heterocycles. The normalized spacial score (nSPS) is 11.8. The second-order valence-electron chi connectivity index (χ2n) is 6.78. The van der Waals surface area contributed by atoms with E-state index in [1.165, 1.54) is 24.8 Å². The van der Waals surface area contributed by atoms with Gasteiger partial charge < -0.3 is 15.9 Å². The number of thioether (sulfide) groups is 1. The second-order valence-corrected chi connectivity index (χ2v) is 8.98. The van der Waals surface area contributed by atoms with Crippen LogP contribution in [0.15, 0.2) is 34.0 Å². The minimum atomic E-state index is -0.869. The van der Waals surface area contributed by atoms with Crippen LogP contribution in [0, 0.1) is 0 Å². The van der Waals surface area contributed by atoms with Gasteiger partial charge in [-0.15, -0.1) is 11.3 Å². The number of rotatable bonds is 12. The highest BCUT2D eigenvalue weighted by Crippen LogP contribution is 2.29. The Morgan fingerprint density at radius 2 is 1.85 bits per heavy atom. The van der Waals surface area contributed by atoms with Crippen LogP contribution in [0.3, 0.4) is 0 Å². The van der Waals surface area contributed by atoms with Crippen LogP contribution in [0.25, 0.3) is 11.3 Å². The fraction of sp³-hybridized carbons (Fsp3) is 0.550. The molecule has 0 radical (unpaired) electrons. The summed E-state index contributed by atoms with van der Waals surface area (Å²) in [6.07, 6.45) is 6.12. The van der Waals surface area contributed by atoms with Crippen molar-refractivity contribution in [3.05, 3.63) is 35.2 Å². The Labute approximate surface area is 164 Å². The van der Waals surface area contributed by atoms with Crippen molar-refractivity contribution in [3.8, 4) is 11.3 Å². The summed E-state index contributed by atoms with van der Waals surface area (Å²) < 4.78 is 1.15. The first-order chi connectivity index (χ1) is 12.6. The molecular formula is C20H30N2O2S2. The maximum Gasteiger partial charge on any atom is 0.150 e. The van der Waals surface area contributed by atoms with Crippen molar-refractivity contribution in [2.45, 2.75) is 55.3 Å². The molecule has 144 valence electrons. The fourth-order valence-electron chi connectivity index (χ4n) is 2.66. The standard InChI is InChI=1S/C20H30N2O2S2/c1-2-3-4-12-25-19-22-18(13-26-19)17-9-7-16(8-10-17)6-5-11-20(21,14-23)15-24/h7-10,13,23-24H,2-6,11-12,14-15,21H2,1H3. The van der Waals surface area contributed by atoms with E-state index in [0.29, 0.717) is 6.42 Å². The minimum Gasteiger partial charge on any atom is -0.394 e. The molecule has 0 amide bonds. The van der Waals surface area contributed by atoms with Gasteiger partial charge in [0, 0.05) is 16.7 Å². The quantitative estimate of drug-likeness (QED) is 0.373. The topological polar surface area (TPSA) is 79.4 Å². The fourth-order valence-corrected chi connectivity index (χ4v) is 4.57. The van der Waals surface area contributed by atoms with Crippen LogP contribution in [-0.4, -0.2) is 39.7 Å². The molecule has 0 unspecified atom stereocenters. The van der Waals surface area contributed by atoms with Gasteiger partial charge in [-0.1, -0.05) is 55.8 Å². The predicted octanol–water partition coefficient (Wildman–Crippen LogP) is 4.10. The van der Waals surface area contributed by atoms with Gasteiger partial charge in [0.15, 0.2) is 4.34 Å². The van der Waals surface area contributed by atoms with Gasteiger partial charge in [-0.3, -0.25) is 0 Å². The highest BCUT2D eigenvalue weighted by Gasteiger charge is 2.22. The van der Waals surface area contributed by atoms with Crippen LogP contribution in [-0.2, 0) is 6.42 Å². The first-order valence-corrected chi connectivity index (χ1v) is 11.1. The third-order valence-electron chi connectivity index (χ3n) is 4.48. The van der Waals surface area contributed by atoms with Crippen molar-refractivity contribution in [3.63, 3.8) is 0 Å². The summed E-state index contributed by atoms with van der Waals surface area (Å²) in [4.78, 5) is 4.73. The lowest BCUT2D eigenvalue weighted by atomic mass is 9.94. The summed E-state index contributed by atoms with van der Waals surface area (Å²) in [6.45, 7) is 1.84. The third-order valence-corrected chi connectivity index (χ3v) is 6.58. The zero-order valence-electron chi connectivity index (χ0n) is 15.5. The maximum absolute atomic E-state index is 9.23. The Bertz CT molecular complexity index is 640. The van der Waals surface area contributed by atoms with E-state index in [0.717, 1.165) is 34.2 Å². The van der Waals surface area contributed by atoms with Gasteiger partial charge in [0.1, 0.15) is 0 Å². The van der Waals surface area contributed by atoms with Gasteiger partial charge in [-0.2, -0.15) is 0 Å². The van der Waals surface area contributed by atoms with Crippen molar-refractivity contribution in [1.82, 2.24) is 4.98 Å².